The average Bonchev–Trinajstić information content (AvgIpc) is 2.40. The van der Waals surface area contributed by atoms with Crippen LogP contribution in [0.3, 0.4) is 0 Å². The molecule has 0 aliphatic heterocycles. The Balaban J connectivity index is 2.89. The summed E-state index contributed by atoms with van der Waals surface area (Å²) in [7, 11) is 1.93. The number of nitrogens with one attached hydrogen (secondary N) is 1. The number of halogens is 1. The van der Waals surface area contributed by atoms with Crippen molar-refractivity contribution in [3.8, 4) is 0 Å². The van der Waals surface area contributed by atoms with E-state index in [1.165, 1.54) is 4.88 Å². The van der Waals surface area contributed by atoms with Crippen molar-refractivity contribution in [3.63, 3.8) is 0 Å². The Morgan fingerprint density at radius 1 is 1.82 bits per heavy atom. The van der Waals surface area contributed by atoms with Gasteiger partial charge in [0.2, 0.25) is 0 Å². The van der Waals surface area contributed by atoms with Gasteiger partial charge in [0.15, 0.2) is 0 Å². The molecule has 0 aliphatic rings. The maximum absolute atomic E-state index is 3.75. The van der Waals surface area contributed by atoms with E-state index >= 15 is 0 Å². The summed E-state index contributed by atoms with van der Waals surface area (Å²) in [4.78, 5) is 1.28. The van der Waals surface area contributed by atoms with Crippen LogP contribution in [0.15, 0.2) is 28.6 Å². The molecule has 1 nitrogen and oxygen atoms in total. The van der Waals surface area contributed by atoms with E-state index in [1.807, 2.05) is 19.2 Å². The standard InChI is InChI=1S/C8H10BrNS/c1-3-7(10-2)8-6(9)4-5-11-8/h3-5,7,10H,1H2,2H3. The first-order valence-corrected chi connectivity index (χ1v) is 4.99. The Hall–Kier alpha value is -0.120. The fourth-order valence-electron chi connectivity index (χ4n) is 0.883. The number of thiophene rings is 1. The summed E-state index contributed by atoms with van der Waals surface area (Å²) < 4.78 is 1.15. The SMILES string of the molecule is C=CC(NC)c1sccc1Br. The van der Waals surface area contributed by atoms with Gasteiger partial charge in [-0.05, 0) is 34.4 Å². The van der Waals surface area contributed by atoms with Crippen molar-refractivity contribution in [2.75, 3.05) is 7.05 Å². The van der Waals surface area contributed by atoms with Gasteiger partial charge in [0.25, 0.3) is 0 Å². The largest absolute Gasteiger partial charge is 0.309 e. The smallest absolute Gasteiger partial charge is 0.0607 e. The van der Waals surface area contributed by atoms with Gasteiger partial charge >= 0.3 is 0 Å². The van der Waals surface area contributed by atoms with Gasteiger partial charge < -0.3 is 5.32 Å². The normalized spacial score (nSPS) is 12.9. The van der Waals surface area contributed by atoms with Gasteiger partial charge in [-0.15, -0.1) is 17.9 Å². The van der Waals surface area contributed by atoms with Crippen LogP contribution in [0.1, 0.15) is 10.9 Å². The molecule has 0 spiro atoms. The average molecular weight is 232 g/mol. The summed E-state index contributed by atoms with van der Waals surface area (Å²) in [5.74, 6) is 0. The maximum atomic E-state index is 3.75. The third kappa shape index (κ3) is 1.92. The van der Waals surface area contributed by atoms with Gasteiger partial charge in [0.05, 0.1) is 6.04 Å². The summed E-state index contributed by atoms with van der Waals surface area (Å²) in [5.41, 5.74) is 0. The minimum atomic E-state index is 0.268. The van der Waals surface area contributed by atoms with Gasteiger partial charge in [-0.25, -0.2) is 0 Å². The van der Waals surface area contributed by atoms with Crippen LogP contribution in [0.5, 0.6) is 0 Å². The summed E-state index contributed by atoms with van der Waals surface area (Å²) in [6, 6.07) is 2.32. The molecule has 1 heterocycles. The molecule has 1 rings (SSSR count). The van der Waals surface area contributed by atoms with Gasteiger partial charge in [-0.3, -0.25) is 0 Å². The van der Waals surface area contributed by atoms with E-state index in [0.29, 0.717) is 0 Å². The zero-order valence-electron chi connectivity index (χ0n) is 6.30. The Morgan fingerprint density at radius 3 is 2.91 bits per heavy atom. The minimum Gasteiger partial charge on any atom is -0.309 e. The van der Waals surface area contributed by atoms with E-state index in [9.17, 15) is 0 Å². The molecule has 0 aliphatic carbocycles. The lowest BCUT2D eigenvalue weighted by Crippen LogP contribution is -2.12. The second kappa shape index (κ2) is 4.04. The molecule has 11 heavy (non-hydrogen) atoms. The second-order valence-corrected chi connectivity index (χ2v) is 3.94. The van der Waals surface area contributed by atoms with Crippen LogP contribution in [0.4, 0.5) is 0 Å². The van der Waals surface area contributed by atoms with Crippen molar-refractivity contribution in [3.05, 3.63) is 33.5 Å². The maximum Gasteiger partial charge on any atom is 0.0607 e. The highest BCUT2D eigenvalue weighted by atomic mass is 79.9. The van der Waals surface area contributed by atoms with Crippen molar-refractivity contribution in [1.82, 2.24) is 5.32 Å². The van der Waals surface area contributed by atoms with Crippen molar-refractivity contribution in [2.24, 2.45) is 0 Å². The Bertz CT molecular complexity index is 244. The van der Waals surface area contributed by atoms with Crippen LogP contribution in [-0.2, 0) is 0 Å². The fourth-order valence-corrected chi connectivity index (χ4v) is 2.61. The molecule has 0 amide bonds. The van der Waals surface area contributed by atoms with Crippen LogP contribution in [0.2, 0.25) is 0 Å². The molecule has 3 heteroatoms. The van der Waals surface area contributed by atoms with E-state index < -0.39 is 0 Å². The van der Waals surface area contributed by atoms with E-state index in [1.54, 1.807) is 11.3 Å². The monoisotopic (exact) mass is 231 g/mol. The molecule has 60 valence electrons. The van der Waals surface area contributed by atoms with Gasteiger partial charge in [-0.2, -0.15) is 0 Å². The molecular weight excluding hydrogens is 222 g/mol. The minimum absolute atomic E-state index is 0.268. The Kier molecular flexibility index (Phi) is 3.30. The molecule has 1 atom stereocenters. The third-order valence-corrected chi connectivity index (χ3v) is 3.43. The van der Waals surface area contributed by atoms with Crippen LogP contribution < -0.4 is 5.32 Å². The molecule has 1 N–H and O–H groups in total. The summed E-state index contributed by atoms with van der Waals surface area (Å²) in [6.07, 6.45) is 1.90. The Labute approximate surface area is 79.3 Å². The van der Waals surface area contributed by atoms with Crippen molar-refractivity contribution < 1.29 is 0 Å². The zero-order chi connectivity index (χ0) is 8.27. The van der Waals surface area contributed by atoms with E-state index in [2.05, 4.69) is 33.2 Å². The summed E-state index contributed by atoms with van der Waals surface area (Å²) >= 11 is 5.20. The van der Waals surface area contributed by atoms with Crippen molar-refractivity contribution in [2.45, 2.75) is 6.04 Å². The zero-order valence-corrected chi connectivity index (χ0v) is 8.71. The highest BCUT2D eigenvalue weighted by molar-refractivity contribution is 9.10. The van der Waals surface area contributed by atoms with Crippen LogP contribution in [0, 0.1) is 0 Å². The lowest BCUT2D eigenvalue weighted by molar-refractivity contribution is 0.726. The van der Waals surface area contributed by atoms with Gasteiger partial charge in [-0.1, -0.05) is 6.08 Å². The topological polar surface area (TPSA) is 12.0 Å². The summed E-state index contributed by atoms with van der Waals surface area (Å²) in [6.45, 7) is 3.75. The van der Waals surface area contributed by atoms with Crippen molar-refractivity contribution in [1.29, 1.82) is 0 Å². The van der Waals surface area contributed by atoms with Gasteiger partial charge in [0, 0.05) is 9.35 Å². The molecule has 1 aromatic heterocycles. The molecule has 0 radical (unpaired) electrons. The number of hydrogen-bond acceptors (Lipinski definition) is 2. The number of likely N-dealkylation sites (N-methyl/N-ethyl adjacent to an activating group) is 1. The lowest BCUT2D eigenvalue weighted by Gasteiger charge is -2.08. The molecule has 0 saturated carbocycles. The van der Waals surface area contributed by atoms with Crippen LogP contribution in [0.25, 0.3) is 0 Å². The predicted molar refractivity (Wildman–Crippen MR) is 54.0 cm³/mol. The summed E-state index contributed by atoms with van der Waals surface area (Å²) in [5, 5.41) is 5.22. The predicted octanol–water partition coefficient (Wildman–Crippen LogP) is 2.96. The molecule has 0 bridgehead atoms. The molecule has 1 aromatic rings. The molecule has 1 unspecified atom stereocenters. The molecular formula is C8H10BrNS. The first-order chi connectivity index (χ1) is 5.29. The molecule has 0 saturated heterocycles. The molecule has 0 aromatic carbocycles. The quantitative estimate of drug-likeness (QED) is 0.790. The first-order valence-electron chi connectivity index (χ1n) is 3.32. The number of hydrogen-bond donors (Lipinski definition) is 1. The van der Waals surface area contributed by atoms with E-state index in [4.69, 9.17) is 0 Å². The van der Waals surface area contributed by atoms with Crippen LogP contribution in [-0.4, -0.2) is 7.05 Å². The van der Waals surface area contributed by atoms with Gasteiger partial charge in [0.1, 0.15) is 0 Å². The molecule has 0 fully saturated rings. The first kappa shape index (κ1) is 8.97. The lowest BCUT2D eigenvalue weighted by atomic mass is 10.2. The third-order valence-electron chi connectivity index (χ3n) is 1.47. The van der Waals surface area contributed by atoms with E-state index in [-0.39, 0.29) is 6.04 Å². The highest BCUT2D eigenvalue weighted by Crippen LogP contribution is 2.29. The fraction of sp³-hybridized carbons (Fsp3) is 0.250. The number of rotatable bonds is 3. The van der Waals surface area contributed by atoms with Crippen LogP contribution >= 0.6 is 27.3 Å². The van der Waals surface area contributed by atoms with Crippen molar-refractivity contribution >= 4 is 27.3 Å². The Morgan fingerprint density at radius 2 is 2.55 bits per heavy atom. The second-order valence-electron chi connectivity index (χ2n) is 2.13. The highest BCUT2D eigenvalue weighted by Gasteiger charge is 2.08. The van der Waals surface area contributed by atoms with E-state index in [0.717, 1.165) is 4.47 Å².